The third kappa shape index (κ3) is 3.59. The van der Waals surface area contributed by atoms with Crippen LogP contribution < -0.4 is 10.6 Å². The first-order valence-corrected chi connectivity index (χ1v) is 5.88. The molecule has 0 fully saturated rings. The fourth-order valence-corrected chi connectivity index (χ4v) is 1.58. The van der Waals surface area contributed by atoms with E-state index in [-0.39, 0.29) is 5.92 Å². The molecule has 0 radical (unpaired) electrons. The van der Waals surface area contributed by atoms with E-state index in [9.17, 15) is 0 Å². The highest BCUT2D eigenvalue weighted by molar-refractivity contribution is 5.47. The van der Waals surface area contributed by atoms with Gasteiger partial charge in [-0.05, 0) is 13.8 Å². The van der Waals surface area contributed by atoms with E-state index in [2.05, 4.69) is 16.0 Å². The monoisotopic (exact) mass is 233 g/mol. The molecule has 0 spiro atoms. The molecule has 1 unspecified atom stereocenters. The molecule has 1 rings (SSSR count). The van der Waals surface area contributed by atoms with Crippen molar-refractivity contribution in [3.05, 3.63) is 11.9 Å². The van der Waals surface area contributed by atoms with Gasteiger partial charge in [-0.3, -0.25) is 0 Å². The van der Waals surface area contributed by atoms with Gasteiger partial charge >= 0.3 is 0 Å². The number of nitrogen functional groups attached to an aromatic ring is 1. The van der Waals surface area contributed by atoms with Gasteiger partial charge in [-0.2, -0.15) is 5.26 Å². The quantitative estimate of drug-likeness (QED) is 0.835. The van der Waals surface area contributed by atoms with Crippen molar-refractivity contribution in [2.45, 2.75) is 27.2 Å². The molecule has 5 heteroatoms. The minimum absolute atomic E-state index is 0.0313. The number of nitrogens with zero attached hydrogens (tertiary/aromatic N) is 4. The number of hydrogen-bond acceptors (Lipinski definition) is 5. The molecule has 1 aromatic heterocycles. The van der Waals surface area contributed by atoms with Crippen LogP contribution in [0.3, 0.4) is 0 Å². The average molecular weight is 233 g/mol. The Labute approximate surface area is 102 Å². The number of hydrogen-bond donors (Lipinski definition) is 1. The summed E-state index contributed by atoms with van der Waals surface area (Å²) in [5.41, 5.74) is 5.75. The van der Waals surface area contributed by atoms with Crippen molar-refractivity contribution < 1.29 is 0 Å². The predicted octanol–water partition coefficient (Wildman–Crippen LogP) is 1.61. The maximum atomic E-state index is 8.85. The summed E-state index contributed by atoms with van der Waals surface area (Å²) in [6.07, 6.45) is 0.753. The van der Waals surface area contributed by atoms with Gasteiger partial charge in [-0.1, -0.05) is 6.92 Å². The van der Waals surface area contributed by atoms with Crippen LogP contribution in [0.25, 0.3) is 0 Å². The molecule has 17 heavy (non-hydrogen) atoms. The van der Waals surface area contributed by atoms with E-state index in [1.165, 1.54) is 0 Å². The molecule has 0 aliphatic rings. The Hall–Kier alpha value is -1.83. The lowest BCUT2D eigenvalue weighted by atomic mass is 10.2. The van der Waals surface area contributed by atoms with Crippen LogP contribution in [0, 0.1) is 17.2 Å². The van der Waals surface area contributed by atoms with E-state index in [1.54, 1.807) is 6.07 Å². The normalized spacial score (nSPS) is 11.9. The largest absolute Gasteiger partial charge is 0.384 e. The summed E-state index contributed by atoms with van der Waals surface area (Å²) in [6.45, 7) is 7.38. The number of anilines is 2. The number of nitrogens with two attached hydrogens (primary N) is 1. The van der Waals surface area contributed by atoms with Gasteiger partial charge in [0.05, 0.1) is 12.0 Å². The van der Waals surface area contributed by atoms with Crippen LogP contribution in [-0.4, -0.2) is 23.1 Å². The van der Waals surface area contributed by atoms with E-state index in [0.717, 1.165) is 24.6 Å². The highest BCUT2D eigenvalue weighted by Crippen LogP contribution is 2.15. The number of nitriles is 1. The van der Waals surface area contributed by atoms with Crippen molar-refractivity contribution in [3.63, 3.8) is 0 Å². The molecular weight excluding hydrogens is 214 g/mol. The standard InChI is InChI=1S/C12H19N5/c1-4-11-15-10(14)6-12(16-11)17(5-2)8-9(3)7-13/h6,9H,4-5,8H2,1-3H3,(H2,14,15,16). The second-order valence-corrected chi connectivity index (χ2v) is 3.99. The minimum Gasteiger partial charge on any atom is -0.384 e. The summed E-state index contributed by atoms with van der Waals surface area (Å²) >= 11 is 0. The predicted molar refractivity (Wildman–Crippen MR) is 68.5 cm³/mol. The van der Waals surface area contributed by atoms with Gasteiger partial charge in [-0.25, -0.2) is 9.97 Å². The summed E-state index contributed by atoms with van der Waals surface area (Å²) in [5, 5.41) is 8.85. The Morgan fingerprint density at radius 3 is 2.71 bits per heavy atom. The number of rotatable bonds is 5. The van der Waals surface area contributed by atoms with Gasteiger partial charge < -0.3 is 10.6 Å². The Morgan fingerprint density at radius 2 is 2.18 bits per heavy atom. The van der Waals surface area contributed by atoms with E-state index in [0.29, 0.717) is 12.4 Å². The summed E-state index contributed by atoms with van der Waals surface area (Å²) in [6, 6.07) is 3.98. The molecule has 0 aromatic carbocycles. The lowest BCUT2D eigenvalue weighted by Crippen LogP contribution is -2.29. The fraction of sp³-hybridized carbons (Fsp3) is 0.583. The first-order valence-electron chi connectivity index (χ1n) is 5.88. The topological polar surface area (TPSA) is 78.8 Å². The van der Waals surface area contributed by atoms with Crippen LogP contribution in [0.5, 0.6) is 0 Å². The second-order valence-electron chi connectivity index (χ2n) is 3.99. The fourth-order valence-electron chi connectivity index (χ4n) is 1.58. The minimum atomic E-state index is -0.0313. The molecule has 1 aromatic rings. The smallest absolute Gasteiger partial charge is 0.134 e. The van der Waals surface area contributed by atoms with E-state index in [1.807, 2.05) is 25.7 Å². The highest BCUT2D eigenvalue weighted by Gasteiger charge is 2.12. The van der Waals surface area contributed by atoms with Crippen molar-refractivity contribution in [2.75, 3.05) is 23.7 Å². The van der Waals surface area contributed by atoms with E-state index in [4.69, 9.17) is 11.0 Å². The van der Waals surface area contributed by atoms with Crippen LogP contribution >= 0.6 is 0 Å². The summed E-state index contributed by atoms with van der Waals surface area (Å²) in [4.78, 5) is 10.6. The van der Waals surface area contributed by atoms with Crippen molar-refractivity contribution in [1.29, 1.82) is 5.26 Å². The van der Waals surface area contributed by atoms with Crippen LogP contribution in [-0.2, 0) is 6.42 Å². The van der Waals surface area contributed by atoms with Crippen LogP contribution in [0.2, 0.25) is 0 Å². The van der Waals surface area contributed by atoms with Gasteiger partial charge in [-0.15, -0.1) is 0 Å². The van der Waals surface area contributed by atoms with Gasteiger partial charge in [0, 0.05) is 25.6 Å². The van der Waals surface area contributed by atoms with Gasteiger partial charge in [0.15, 0.2) is 0 Å². The molecule has 0 amide bonds. The molecule has 0 saturated heterocycles. The zero-order valence-corrected chi connectivity index (χ0v) is 10.6. The maximum Gasteiger partial charge on any atom is 0.134 e. The lowest BCUT2D eigenvalue weighted by molar-refractivity contribution is 0.676. The second kappa shape index (κ2) is 6.04. The van der Waals surface area contributed by atoms with Crippen LogP contribution in [0.4, 0.5) is 11.6 Å². The van der Waals surface area contributed by atoms with Gasteiger partial charge in [0.2, 0.25) is 0 Å². The number of aryl methyl sites for hydroxylation is 1. The Balaban J connectivity index is 2.95. The average Bonchev–Trinajstić information content (AvgIpc) is 2.34. The SMILES string of the molecule is CCc1nc(N)cc(N(CC)CC(C)C#N)n1. The van der Waals surface area contributed by atoms with E-state index >= 15 is 0 Å². The Kier molecular flexibility index (Phi) is 4.70. The summed E-state index contributed by atoms with van der Waals surface area (Å²) in [7, 11) is 0. The van der Waals surface area contributed by atoms with E-state index < -0.39 is 0 Å². The molecule has 1 heterocycles. The Bertz CT molecular complexity index is 410. The highest BCUT2D eigenvalue weighted by atomic mass is 15.2. The van der Waals surface area contributed by atoms with Crippen LogP contribution in [0.1, 0.15) is 26.6 Å². The first kappa shape index (κ1) is 13.2. The van der Waals surface area contributed by atoms with Gasteiger partial charge in [0.25, 0.3) is 0 Å². The first-order chi connectivity index (χ1) is 8.10. The Morgan fingerprint density at radius 1 is 1.47 bits per heavy atom. The third-order valence-electron chi connectivity index (χ3n) is 2.52. The molecule has 5 nitrogen and oxygen atoms in total. The molecule has 0 bridgehead atoms. The van der Waals surface area contributed by atoms with Crippen molar-refractivity contribution in [1.82, 2.24) is 9.97 Å². The maximum absolute atomic E-state index is 8.85. The molecule has 92 valence electrons. The zero-order chi connectivity index (χ0) is 12.8. The van der Waals surface area contributed by atoms with Gasteiger partial charge in [0.1, 0.15) is 17.5 Å². The van der Waals surface area contributed by atoms with Crippen molar-refractivity contribution >= 4 is 11.6 Å². The lowest BCUT2D eigenvalue weighted by Gasteiger charge is -2.23. The number of aromatic nitrogens is 2. The van der Waals surface area contributed by atoms with Crippen molar-refractivity contribution in [2.24, 2.45) is 5.92 Å². The zero-order valence-electron chi connectivity index (χ0n) is 10.6. The molecule has 2 N–H and O–H groups in total. The summed E-state index contributed by atoms with van der Waals surface area (Å²) in [5.74, 6) is 1.99. The molecule has 0 saturated carbocycles. The molecular formula is C12H19N5. The summed E-state index contributed by atoms with van der Waals surface area (Å²) < 4.78 is 0. The van der Waals surface area contributed by atoms with Crippen LogP contribution in [0.15, 0.2) is 6.07 Å². The molecule has 0 aliphatic heterocycles. The third-order valence-corrected chi connectivity index (χ3v) is 2.52. The molecule has 0 aliphatic carbocycles. The molecule has 1 atom stereocenters. The van der Waals surface area contributed by atoms with Crippen molar-refractivity contribution in [3.8, 4) is 6.07 Å².